The predicted octanol–water partition coefficient (Wildman–Crippen LogP) is 4.68. The van der Waals surface area contributed by atoms with E-state index in [1.54, 1.807) is 11.8 Å². The lowest BCUT2D eigenvalue weighted by molar-refractivity contribution is -0.116. The average Bonchev–Trinajstić information content (AvgIpc) is 3.16. The van der Waals surface area contributed by atoms with E-state index >= 15 is 0 Å². The summed E-state index contributed by atoms with van der Waals surface area (Å²) in [5, 5.41) is 5.93. The van der Waals surface area contributed by atoms with E-state index in [4.69, 9.17) is 4.98 Å². The molecule has 3 aromatic carbocycles. The molecule has 1 heterocycles. The molecule has 6 nitrogen and oxygen atoms in total. The number of benzene rings is 3. The van der Waals surface area contributed by atoms with Crippen LogP contribution in [0.25, 0.3) is 11.0 Å². The summed E-state index contributed by atoms with van der Waals surface area (Å²) in [5.41, 5.74) is 4.22. The van der Waals surface area contributed by atoms with Crippen LogP contribution in [0.15, 0.2) is 77.7 Å². The molecular weight excluding hydrogens is 432 g/mol. The van der Waals surface area contributed by atoms with Crippen molar-refractivity contribution in [3.05, 3.63) is 89.7 Å². The third-order valence-corrected chi connectivity index (χ3v) is 6.06. The molecule has 2 amide bonds. The lowest BCUT2D eigenvalue weighted by Crippen LogP contribution is -2.27. The number of aryl methyl sites for hydroxylation is 1. The van der Waals surface area contributed by atoms with E-state index < -0.39 is 0 Å². The van der Waals surface area contributed by atoms with Gasteiger partial charge in [0.05, 0.1) is 11.0 Å². The largest absolute Gasteiger partial charge is 0.352 e. The monoisotopic (exact) mass is 458 g/mol. The Kier molecular flexibility index (Phi) is 7.10. The summed E-state index contributed by atoms with van der Waals surface area (Å²) in [6.45, 7) is 2.56. The number of carbonyl (C=O) groups is 2. The van der Waals surface area contributed by atoms with E-state index in [2.05, 4.69) is 10.6 Å². The van der Waals surface area contributed by atoms with Gasteiger partial charge in [0.15, 0.2) is 0 Å². The molecule has 1 aromatic heterocycles. The van der Waals surface area contributed by atoms with Gasteiger partial charge >= 0.3 is 0 Å². The van der Waals surface area contributed by atoms with E-state index in [0.717, 1.165) is 33.0 Å². The first kappa shape index (κ1) is 22.6. The van der Waals surface area contributed by atoms with Crippen LogP contribution in [-0.2, 0) is 17.8 Å². The van der Waals surface area contributed by atoms with Gasteiger partial charge < -0.3 is 15.2 Å². The molecule has 0 saturated heterocycles. The minimum atomic E-state index is -0.124. The van der Waals surface area contributed by atoms with E-state index in [-0.39, 0.29) is 18.4 Å². The lowest BCUT2D eigenvalue weighted by Gasteiger charge is -2.11. The molecule has 0 bridgehead atoms. The number of para-hydroxylation sites is 2. The summed E-state index contributed by atoms with van der Waals surface area (Å²) in [5.74, 6) is 0.513. The molecule has 168 valence electrons. The predicted molar refractivity (Wildman–Crippen MR) is 134 cm³/mol. The zero-order valence-corrected chi connectivity index (χ0v) is 19.5. The minimum absolute atomic E-state index is 0.121. The average molecular weight is 459 g/mol. The molecule has 4 aromatic rings. The van der Waals surface area contributed by atoms with Crippen molar-refractivity contribution in [2.75, 3.05) is 18.1 Å². The quantitative estimate of drug-likeness (QED) is 0.376. The van der Waals surface area contributed by atoms with Gasteiger partial charge in [0.25, 0.3) is 5.91 Å². The number of rotatable bonds is 8. The second-order valence-electron chi connectivity index (χ2n) is 7.75. The van der Waals surface area contributed by atoms with Crippen LogP contribution >= 0.6 is 11.8 Å². The Morgan fingerprint density at radius 2 is 1.79 bits per heavy atom. The van der Waals surface area contributed by atoms with Crippen LogP contribution in [0.4, 0.5) is 5.69 Å². The SMILES string of the molecule is CSc1cccc(NC(=O)Cn2c(CCNC(=O)c3ccc(C)cc3)nc3ccccc32)c1. The van der Waals surface area contributed by atoms with Crippen molar-refractivity contribution < 1.29 is 9.59 Å². The van der Waals surface area contributed by atoms with Gasteiger partial charge in [-0.3, -0.25) is 9.59 Å². The topological polar surface area (TPSA) is 76.0 Å². The van der Waals surface area contributed by atoms with Crippen LogP contribution in [0.3, 0.4) is 0 Å². The first-order chi connectivity index (χ1) is 16.0. The fourth-order valence-electron chi connectivity index (χ4n) is 3.63. The second-order valence-corrected chi connectivity index (χ2v) is 8.63. The Morgan fingerprint density at radius 3 is 2.58 bits per heavy atom. The number of imidazole rings is 1. The number of aromatic nitrogens is 2. The second kappa shape index (κ2) is 10.4. The fourth-order valence-corrected chi connectivity index (χ4v) is 4.09. The van der Waals surface area contributed by atoms with E-state index in [0.29, 0.717) is 18.5 Å². The Hall–Kier alpha value is -3.58. The van der Waals surface area contributed by atoms with E-state index in [9.17, 15) is 9.59 Å². The molecule has 0 fully saturated rings. The van der Waals surface area contributed by atoms with Crippen molar-refractivity contribution in [3.8, 4) is 0 Å². The molecule has 0 spiro atoms. The number of nitrogens with one attached hydrogen (secondary N) is 2. The van der Waals surface area contributed by atoms with Gasteiger partial charge in [0.2, 0.25) is 5.91 Å². The number of anilines is 1. The molecule has 2 N–H and O–H groups in total. The molecule has 0 unspecified atom stereocenters. The van der Waals surface area contributed by atoms with Crippen LogP contribution in [0.2, 0.25) is 0 Å². The maximum atomic E-state index is 12.8. The number of hydrogen-bond acceptors (Lipinski definition) is 4. The maximum absolute atomic E-state index is 12.8. The standard InChI is InChI=1S/C26H26N4O2S/c1-18-10-12-19(13-11-18)26(32)27-15-14-24-29-22-8-3-4-9-23(22)30(24)17-25(31)28-20-6-5-7-21(16-20)33-2/h3-13,16H,14-15,17H2,1-2H3,(H,27,32)(H,28,31). The van der Waals surface area contributed by atoms with Crippen molar-refractivity contribution in [1.82, 2.24) is 14.9 Å². The van der Waals surface area contributed by atoms with Crippen molar-refractivity contribution in [2.24, 2.45) is 0 Å². The highest BCUT2D eigenvalue weighted by Crippen LogP contribution is 2.20. The lowest BCUT2D eigenvalue weighted by atomic mass is 10.1. The Morgan fingerprint density at radius 1 is 1.00 bits per heavy atom. The summed E-state index contributed by atoms with van der Waals surface area (Å²) in [6, 6.07) is 23.0. The molecule has 4 rings (SSSR count). The molecule has 0 aliphatic heterocycles. The minimum Gasteiger partial charge on any atom is -0.352 e. The van der Waals surface area contributed by atoms with Gasteiger partial charge in [0.1, 0.15) is 12.4 Å². The van der Waals surface area contributed by atoms with Gasteiger partial charge in [-0.05, 0) is 55.6 Å². The molecule has 33 heavy (non-hydrogen) atoms. The highest BCUT2D eigenvalue weighted by atomic mass is 32.2. The van der Waals surface area contributed by atoms with Crippen LogP contribution in [0.5, 0.6) is 0 Å². The van der Waals surface area contributed by atoms with E-state index in [1.165, 1.54) is 0 Å². The zero-order chi connectivity index (χ0) is 23.2. The molecular formula is C26H26N4O2S. The number of hydrogen-bond donors (Lipinski definition) is 2. The van der Waals surface area contributed by atoms with Crippen molar-refractivity contribution in [3.63, 3.8) is 0 Å². The summed E-state index contributed by atoms with van der Waals surface area (Å²) in [7, 11) is 0. The number of fused-ring (bicyclic) bond motifs is 1. The van der Waals surface area contributed by atoms with Crippen molar-refractivity contribution in [2.45, 2.75) is 24.8 Å². The van der Waals surface area contributed by atoms with E-state index in [1.807, 2.05) is 90.5 Å². The molecule has 7 heteroatoms. The number of amides is 2. The summed E-state index contributed by atoms with van der Waals surface area (Å²) >= 11 is 1.63. The number of carbonyl (C=O) groups excluding carboxylic acids is 2. The third-order valence-electron chi connectivity index (χ3n) is 5.34. The molecule has 0 aliphatic carbocycles. The molecule has 0 atom stereocenters. The number of nitrogens with zero attached hydrogens (tertiary/aromatic N) is 2. The summed E-state index contributed by atoms with van der Waals surface area (Å²) in [6.07, 6.45) is 2.52. The normalized spacial score (nSPS) is 10.8. The zero-order valence-electron chi connectivity index (χ0n) is 18.7. The maximum Gasteiger partial charge on any atom is 0.251 e. The fraction of sp³-hybridized carbons (Fsp3) is 0.192. The van der Waals surface area contributed by atoms with Gasteiger partial charge in [-0.25, -0.2) is 4.98 Å². The van der Waals surface area contributed by atoms with Crippen LogP contribution < -0.4 is 10.6 Å². The third kappa shape index (κ3) is 5.62. The number of thioether (sulfide) groups is 1. The van der Waals surface area contributed by atoms with Crippen LogP contribution in [0, 0.1) is 6.92 Å². The molecule has 0 saturated carbocycles. The van der Waals surface area contributed by atoms with Crippen LogP contribution in [0.1, 0.15) is 21.7 Å². The van der Waals surface area contributed by atoms with Gasteiger partial charge in [-0.15, -0.1) is 11.8 Å². The van der Waals surface area contributed by atoms with Crippen LogP contribution in [-0.4, -0.2) is 34.2 Å². The highest BCUT2D eigenvalue weighted by molar-refractivity contribution is 7.98. The molecule has 0 radical (unpaired) electrons. The Balaban J connectivity index is 1.46. The Bertz CT molecular complexity index is 1280. The smallest absolute Gasteiger partial charge is 0.251 e. The first-order valence-electron chi connectivity index (χ1n) is 10.8. The Labute approximate surface area is 197 Å². The first-order valence-corrected chi connectivity index (χ1v) is 12.0. The highest BCUT2D eigenvalue weighted by Gasteiger charge is 2.14. The van der Waals surface area contributed by atoms with Gasteiger partial charge in [-0.2, -0.15) is 0 Å². The molecule has 0 aliphatic rings. The summed E-state index contributed by atoms with van der Waals surface area (Å²) < 4.78 is 1.92. The summed E-state index contributed by atoms with van der Waals surface area (Å²) in [4.78, 5) is 31.1. The van der Waals surface area contributed by atoms with Gasteiger partial charge in [-0.1, -0.05) is 35.9 Å². The van der Waals surface area contributed by atoms with Crippen molar-refractivity contribution in [1.29, 1.82) is 0 Å². The van der Waals surface area contributed by atoms with Gasteiger partial charge in [0, 0.05) is 29.1 Å². The van der Waals surface area contributed by atoms with Crippen molar-refractivity contribution >= 4 is 40.3 Å².